The van der Waals surface area contributed by atoms with Crippen LogP contribution in [0.15, 0.2) is 35.5 Å². The van der Waals surface area contributed by atoms with Gasteiger partial charge in [-0.15, -0.1) is 0 Å². The molecule has 1 aliphatic heterocycles. The Kier molecular flexibility index (Phi) is 9.17. The molecule has 8 nitrogen and oxygen atoms in total. The molecule has 0 aliphatic carbocycles. The summed E-state index contributed by atoms with van der Waals surface area (Å²) in [5.74, 6) is 2.23. The van der Waals surface area contributed by atoms with Gasteiger partial charge < -0.3 is 20.2 Å². The number of aliphatic hydroxyl groups is 1. The average molecular weight is 515 g/mol. The number of nitrogens with one attached hydrogen (secondary N) is 1. The van der Waals surface area contributed by atoms with Crippen LogP contribution < -0.4 is 10.2 Å². The molecule has 3 heterocycles. The lowest BCUT2D eigenvalue weighted by molar-refractivity contribution is -0.131. The van der Waals surface area contributed by atoms with Crippen molar-refractivity contribution in [3.63, 3.8) is 0 Å². The van der Waals surface area contributed by atoms with Crippen LogP contribution in [0.5, 0.6) is 0 Å². The van der Waals surface area contributed by atoms with Gasteiger partial charge in [-0.2, -0.15) is 4.98 Å². The number of fused-ring (bicyclic) bond motifs is 1. The van der Waals surface area contributed by atoms with Gasteiger partial charge in [-0.3, -0.25) is 4.79 Å². The van der Waals surface area contributed by atoms with Crippen molar-refractivity contribution < 1.29 is 9.90 Å². The standard InChI is InChI=1S/C25H34N6O2S2/c1-3-30(4-2)20(33)15-19-11-8-13-31(16-19)23-21-22(27-24(35-21)26-12-14-32)28-25(29-23)34-17-18-9-6-5-7-10-18/h5-7,9-10,19,32H,3-4,8,11-17H2,1-2H3,(H,26,27,28,29). The Morgan fingerprint density at radius 2 is 2.03 bits per heavy atom. The van der Waals surface area contributed by atoms with Crippen LogP contribution in [0.3, 0.4) is 0 Å². The Morgan fingerprint density at radius 3 is 2.77 bits per heavy atom. The summed E-state index contributed by atoms with van der Waals surface area (Å²) in [7, 11) is 0. The molecule has 1 amide bonds. The molecule has 0 bridgehead atoms. The largest absolute Gasteiger partial charge is 0.395 e. The van der Waals surface area contributed by atoms with Crippen molar-refractivity contribution in [1.82, 2.24) is 19.9 Å². The van der Waals surface area contributed by atoms with Crippen molar-refractivity contribution in [2.24, 2.45) is 5.92 Å². The second-order valence-corrected chi connectivity index (χ2v) is 10.6. The Balaban J connectivity index is 1.58. The van der Waals surface area contributed by atoms with E-state index in [9.17, 15) is 9.90 Å². The highest BCUT2D eigenvalue weighted by Crippen LogP contribution is 2.36. The van der Waals surface area contributed by atoms with Gasteiger partial charge in [0.15, 0.2) is 21.8 Å². The molecule has 2 N–H and O–H groups in total. The number of nitrogens with zero attached hydrogens (tertiary/aromatic N) is 5. The van der Waals surface area contributed by atoms with E-state index in [1.54, 1.807) is 11.8 Å². The van der Waals surface area contributed by atoms with Gasteiger partial charge in [0, 0.05) is 44.9 Å². The SMILES string of the molecule is CCN(CC)C(=O)CC1CCCN(c2nc(SCc3ccccc3)nc3nc(NCCO)sc23)C1. The molecule has 4 rings (SSSR count). The molecule has 2 aromatic heterocycles. The number of carbonyl (C=O) groups excluding carboxylic acids is 1. The number of thiazole rings is 1. The Bertz CT molecular complexity index is 1110. The monoisotopic (exact) mass is 514 g/mol. The molecule has 0 saturated carbocycles. The molecule has 188 valence electrons. The smallest absolute Gasteiger partial charge is 0.222 e. The fourth-order valence-corrected chi connectivity index (χ4v) is 6.14. The van der Waals surface area contributed by atoms with Crippen LogP contribution in [-0.4, -0.2) is 70.2 Å². The number of aromatic nitrogens is 3. The number of thioether (sulfide) groups is 1. The summed E-state index contributed by atoms with van der Waals surface area (Å²) in [4.78, 5) is 31.4. The molecule has 1 saturated heterocycles. The van der Waals surface area contributed by atoms with Gasteiger partial charge in [0.25, 0.3) is 0 Å². The number of carbonyl (C=O) groups is 1. The van der Waals surface area contributed by atoms with Crippen LogP contribution in [-0.2, 0) is 10.5 Å². The third-order valence-electron chi connectivity index (χ3n) is 6.21. The van der Waals surface area contributed by atoms with Crippen molar-refractivity contribution >= 4 is 50.3 Å². The topological polar surface area (TPSA) is 94.5 Å². The van der Waals surface area contributed by atoms with Gasteiger partial charge in [0.2, 0.25) is 5.91 Å². The lowest BCUT2D eigenvalue weighted by atomic mass is 9.94. The van der Waals surface area contributed by atoms with Crippen LogP contribution in [0.4, 0.5) is 10.9 Å². The fourth-order valence-electron chi connectivity index (χ4n) is 4.41. The highest BCUT2D eigenvalue weighted by atomic mass is 32.2. The van der Waals surface area contributed by atoms with Crippen LogP contribution in [0, 0.1) is 5.92 Å². The highest BCUT2D eigenvalue weighted by Gasteiger charge is 2.27. The number of anilines is 2. The third kappa shape index (κ3) is 6.62. The first-order valence-electron chi connectivity index (χ1n) is 12.3. The summed E-state index contributed by atoms with van der Waals surface area (Å²) in [5, 5.41) is 13.8. The maximum Gasteiger partial charge on any atom is 0.222 e. The van der Waals surface area contributed by atoms with Gasteiger partial charge in [-0.05, 0) is 38.2 Å². The maximum absolute atomic E-state index is 12.7. The molecule has 1 fully saturated rings. The van der Waals surface area contributed by atoms with Gasteiger partial charge in [-0.25, -0.2) is 9.97 Å². The first kappa shape index (κ1) is 25.7. The predicted octanol–water partition coefficient (Wildman–Crippen LogP) is 4.26. The quantitative estimate of drug-likeness (QED) is 0.290. The Hall–Kier alpha value is -2.43. The minimum Gasteiger partial charge on any atom is -0.395 e. The van der Waals surface area contributed by atoms with E-state index in [0.29, 0.717) is 29.7 Å². The van der Waals surface area contributed by atoms with Crippen molar-refractivity contribution in [2.45, 2.75) is 44.0 Å². The molecule has 10 heteroatoms. The second kappa shape index (κ2) is 12.5. The molecule has 35 heavy (non-hydrogen) atoms. The van der Waals surface area contributed by atoms with Gasteiger partial charge >= 0.3 is 0 Å². The van der Waals surface area contributed by atoms with Crippen LogP contribution in [0.1, 0.15) is 38.7 Å². The second-order valence-electron chi connectivity index (χ2n) is 8.65. The zero-order chi connectivity index (χ0) is 24.6. The zero-order valence-electron chi connectivity index (χ0n) is 20.4. The van der Waals surface area contributed by atoms with E-state index in [2.05, 4.69) is 27.3 Å². The van der Waals surface area contributed by atoms with Crippen LogP contribution in [0.2, 0.25) is 0 Å². The molecule has 1 atom stereocenters. The van der Waals surface area contributed by atoms with Crippen molar-refractivity contribution in [3.8, 4) is 0 Å². The van der Waals surface area contributed by atoms with Crippen molar-refractivity contribution in [3.05, 3.63) is 35.9 Å². The summed E-state index contributed by atoms with van der Waals surface area (Å²) in [6.45, 7) is 7.77. The first-order chi connectivity index (χ1) is 17.1. The predicted molar refractivity (Wildman–Crippen MR) is 144 cm³/mol. The highest BCUT2D eigenvalue weighted by molar-refractivity contribution is 7.98. The summed E-state index contributed by atoms with van der Waals surface area (Å²) in [6, 6.07) is 10.3. The number of benzene rings is 1. The number of rotatable bonds is 11. The molecule has 1 unspecified atom stereocenters. The lowest BCUT2D eigenvalue weighted by Gasteiger charge is -2.34. The fraction of sp³-hybridized carbons (Fsp3) is 0.520. The minimum absolute atomic E-state index is 0.0427. The summed E-state index contributed by atoms with van der Waals surface area (Å²) >= 11 is 3.13. The number of hydrogen-bond donors (Lipinski definition) is 2. The van der Waals surface area contributed by atoms with E-state index >= 15 is 0 Å². The normalized spacial score (nSPS) is 16.0. The molecule has 0 radical (unpaired) electrons. The zero-order valence-corrected chi connectivity index (χ0v) is 22.1. The number of aliphatic hydroxyl groups excluding tert-OH is 1. The molecule has 3 aromatic rings. The summed E-state index contributed by atoms with van der Waals surface area (Å²) in [5.41, 5.74) is 1.90. The number of hydrogen-bond acceptors (Lipinski definition) is 9. The maximum atomic E-state index is 12.7. The third-order valence-corrected chi connectivity index (χ3v) is 8.13. The van der Waals surface area contributed by atoms with E-state index in [4.69, 9.17) is 9.97 Å². The van der Waals surface area contributed by atoms with E-state index in [1.807, 2.05) is 36.9 Å². The summed E-state index contributed by atoms with van der Waals surface area (Å²) in [6.07, 6.45) is 2.66. The molecular weight excluding hydrogens is 480 g/mol. The Morgan fingerprint density at radius 1 is 1.23 bits per heavy atom. The van der Waals surface area contributed by atoms with Gasteiger partial charge in [-0.1, -0.05) is 53.4 Å². The van der Waals surface area contributed by atoms with Crippen molar-refractivity contribution in [2.75, 3.05) is 49.5 Å². The van der Waals surface area contributed by atoms with Crippen molar-refractivity contribution in [1.29, 1.82) is 0 Å². The molecule has 1 aromatic carbocycles. The molecule has 0 spiro atoms. The van der Waals surface area contributed by atoms with E-state index < -0.39 is 0 Å². The number of amides is 1. The minimum atomic E-state index is 0.0427. The van der Waals surface area contributed by atoms with E-state index in [1.165, 1.54) is 16.9 Å². The van der Waals surface area contributed by atoms with Gasteiger partial charge in [0.05, 0.1) is 6.61 Å². The Labute approximate surface area is 215 Å². The molecule has 1 aliphatic rings. The van der Waals surface area contributed by atoms with Crippen LogP contribution in [0.25, 0.3) is 10.3 Å². The van der Waals surface area contributed by atoms with E-state index in [-0.39, 0.29) is 12.5 Å². The molecular formula is C25H34N6O2S2. The van der Waals surface area contributed by atoms with E-state index in [0.717, 1.165) is 60.4 Å². The summed E-state index contributed by atoms with van der Waals surface area (Å²) < 4.78 is 0.949. The first-order valence-corrected chi connectivity index (χ1v) is 14.1. The average Bonchev–Trinajstić information content (AvgIpc) is 3.30. The van der Waals surface area contributed by atoms with Gasteiger partial charge in [0.1, 0.15) is 4.70 Å². The van der Waals surface area contributed by atoms with Crippen LogP contribution >= 0.6 is 23.1 Å². The lowest BCUT2D eigenvalue weighted by Crippen LogP contribution is -2.39. The number of piperidine rings is 1.